The van der Waals surface area contributed by atoms with Crippen LogP contribution in [0.1, 0.15) is 21.5 Å². The second-order valence-electron chi connectivity index (χ2n) is 4.34. The van der Waals surface area contributed by atoms with Gasteiger partial charge in [-0.3, -0.25) is 9.78 Å². The summed E-state index contributed by atoms with van der Waals surface area (Å²) in [6, 6.07) is 9.54. The van der Waals surface area contributed by atoms with Crippen LogP contribution in [0.5, 0.6) is 0 Å². The van der Waals surface area contributed by atoms with Crippen molar-refractivity contribution >= 4 is 11.6 Å². The zero-order valence-electron chi connectivity index (χ0n) is 11.1. The lowest BCUT2D eigenvalue weighted by Crippen LogP contribution is -2.23. The number of hydrogen-bond donors (Lipinski definition) is 2. The third-order valence-corrected chi connectivity index (χ3v) is 2.89. The van der Waals surface area contributed by atoms with Gasteiger partial charge in [0.2, 0.25) is 0 Å². The van der Waals surface area contributed by atoms with E-state index in [1.165, 1.54) is 0 Å². The van der Waals surface area contributed by atoms with Gasteiger partial charge in [0.25, 0.3) is 5.91 Å². The molecule has 0 unspecified atom stereocenters. The van der Waals surface area contributed by atoms with E-state index in [2.05, 4.69) is 15.6 Å². The second kappa shape index (κ2) is 6.00. The third kappa shape index (κ3) is 3.31. The topological polar surface area (TPSA) is 54.0 Å². The minimum atomic E-state index is -0.0788. The van der Waals surface area contributed by atoms with Crippen LogP contribution < -0.4 is 10.6 Å². The average Bonchev–Trinajstić information content (AvgIpc) is 2.46. The van der Waals surface area contributed by atoms with Crippen molar-refractivity contribution < 1.29 is 4.79 Å². The molecular weight excluding hydrogens is 238 g/mol. The van der Waals surface area contributed by atoms with E-state index in [0.29, 0.717) is 12.1 Å². The molecule has 0 aliphatic rings. The first kappa shape index (κ1) is 13.1. The summed E-state index contributed by atoms with van der Waals surface area (Å²) >= 11 is 0. The van der Waals surface area contributed by atoms with Gasteiger partial charge >= 0.3 is 0 Å². The summed E-state index contributed by atoms with van der Waals surface area (Å²) in [4.78, 5) is 16.1. The van der Waals surface area contributed by atoms with Crippen molar-refractivity contribution in [1.82, 2.24) is 10.3 Å². The maximum atomic E-state index is 12.2. The molecule has 1 aromatic carbocycles. The van der Waals surface area contributed by atoms with Crippen molar-refractivity contribution in [3.05, 3.63) is 59.4 Å². The van der Waals surface area contributed by atoms with Crippen LogP contribution in [0.25, 0.3) is 0 Å². The number of pyridine rings is 1. The Morgan fingerprint density at radius 3 is 2.63 bits per heavy atom. The molecule has 1 aromatic heterocycles. The first-order valence-electron chi connectivity index (χ1n) is 6.16. The molecule has 0 spiro atoms. The molecule has 98 valence electrons. The summed E-state index contributed by atoms with van der Waals surface area (Å²) in [5.41, 5.74) is 3.59. The predicted molar refractivity (Wildman–Crippen MR) is 76.1 cm³/mol. The number of benzene rings is 1. The number of carbonyl (C=O) groups excluding carboxylic acids is 1. The summed E-state index contributed by atoms with van der Waals surface area (Å²) in [6.07, 6.45) is 3.43. The molecule has 0 aliphatic carbocycles. The molecule has 0 radical (unpaired) electrons. The number of hydrogen-bond acceptors (Lipinski definition) is 3. The molecule has 2 N–H and O–H groups in total. The molecule has 4 heteroatoms. The van der Waals surface area contributed by atoms with Gasteiger partial charge in [0, 0.05) is 31.7 Å². The number of anilines is 1. The maximum Gasteiger partial charge on any atom is 0.253 e. The largest absolute Gasteiger partial charge is 0.387 e. The van der Waals surface area contributed by atoms with E-state index in [-0.39, 0.29) is 5.91 Å². The van der Waals surface area contributed by atoms with Crippen LogP contribution in [0.4, 0.5) is 5.69 Å². The Labute approximate surface area is 112 Å². The second-order valence-corrected chi connectivity index (χ2v) is 4.34. The van der Waals surface area contributed by atoms with Crippen LogP contribution in [0, 0.1) is 6.92 Å². The Hall–Kier alpha value is -2.36. The van der Waals surface area contributed by atoms with Crippen LogP contribution in [0.3, 0.4) is 0 Å². The van der Waals surface area contributed by atoms with Gasteiger partial charge in [0.05, 0.1) is 5.56 Å². The number of rotatable bonds is 4. The van der Waals surface area contributed by atoms with E-state index in [0.717, 1.165) is 16.8 Å². The van der Waals surface area contributed by atoms with E-state index in [1.54, 1.807) is 12.4 Å². The average molecular weight is 255 g/mol. The number of carbonyl (C=O) groups is 1. The van der Waals surface area contributed by atoms with Crippen LogP contribution in [-0.2, 0) is 6.54 Å². The van der Waals surface area contributed by atoms with Crippen molar-refractivity contribution in [3.8, 4) is 0 Å². The number of nitrogens with zero attached hydrogens (tertiary/aromatic N) is 1. The van der Waals surface area contributed by atoms with E-state index in [1.807, 2.05) is 44.3 Å². The van der Waals surface area contributed by atoms with Crippen molar-refractivity contribution in [3.63, 3.8) is 0 Å². The Kier molecular flexibility index (Phi) is 4.13. The fourth-order valence-corrected chi connectivity index (χ4v) is 1.84. The van der Waals surface area contributed by atoms with Crippen molar-refractivity contribution in [2.24, 2.45) is 0 Å². The Balaban J connectivity index is 2.10. The van der Waals surface area contributed by atoms with Gasteiger partial charge < -0.3 is 10.6 Å². The molecule has 0 saturated carbocycles. The molecule has 19 heavy (non-hydrogen) atoms. The van der Waals surface area contributed by atoms with Crippen LogP contribution in [-0.4, -0.2) is 17.9 Å². The van der Waals surface area contributed by atoms with E-state index >= 15 is 0 Å². The number of aromatic nitrogens is 1. The highest BCUT2D eigenvalue weighted by Crippen LogP contribution is 2.16. The highest BCUT2D eigenvalue weighted by molar-refractivity contribution is 5.99. The zero-order valence-corrected chi connectivity index (χ0v) is 11.1. The molecule has 1 amide bonds. The summed E-state index contributed by atoms with van der Waals surface area (Å²) in [5.74, 6) is -0.0788. The third-order valence-electron chi connectivity index (χ3n) is 2.89. The fourth-order valence-electron chi connectivity index (χ4n) is 1.84. The summed E-state index contributed by atoms with van der Waals surface area (Å²) in [6.45, 7) is 2.47. The minimum absolute atomic E-state index is 0.0788. The van der Waals surface area contributed by atoms with Gasteiger partial charge in [-0.2, -0.15) is 0 Å². The SMILES string of the molecule is CNc1ccc(C)cc1C(=O)NCc1ccncc1. The standard InChI is InChI=1S/C15H17N3O/c1-11-3-4-14(16-2)13(9-11)15(19)18-10-12-5-7-17-8-6-12/h3-9,16H,10H2,1-2H3,(H,18,19). The van der Waals surface area contributed by atoms with Crippen molar-refractivity contribution in [1.29, 1.82) is 0 Å². The Morgan fingerprint density at radius 2 is 1.95 bits per heavy atom. The lowest BCUT2D eigenvalue weighted by Gasteiger charge is -2.10. The molecule has 0 atom stereocenters. The quantitative estimate of drug-likeness (QED) is 0.881. The van der Waals surface area contributed by atoms with E-state index < -0.39 is 0 Å². The van der Waals surface area contributed by atoms with Gasteiger partial charge in [0.1, 0.15) is 0 Å². The predicted octanol–water partition coefficient (Wildman–Crippen LogP) is 2.36. The van der Waals surface area contributed by atoms with Crippen LogP contribution in [0.2, 0.25) is 0 Å². The molecule has 0 aliphatic heterocycles. The fraction of sp³-hybridized carbons (Fsp3) is 0.200. The normalized spacial score (nSPS) is 10.0. The number of aryl methyl sites for hydroxylation is 1. The highest BCUT2D eigenvalue weighted by Gasteiger charge is 2.10. The summed E-state index contributed by atoms with van der Waals surface area (Å²) in [5, 5.41) is 5.94. The molecular formula is C15H17N3O. The van der Waals surface area contributed by atoms with E-state index in [4.69, 9.17) is 0 Å². The summed E-state index contributed by atoms with van der Waals surface area (Å²) < 4.78 is 0. The molecule has 1 heterocycles. The number of nitrogens with one attached hydrogen (secondary N) is 2. The van der Waals surface area contributed by atoms with Gasteiger partial charge in [-0.05, 0) is 36.8 Å². The smallest absolute Gasteiger partial charge is 0.253 e. The zero-order chi connectivity index (χ0) is 13.7. The highest BCUT2D eigenvalue weighted by atomic mass is 16.1. The molecule has 0 saturated heterocycles. The van der Waals surface area contributed by atoms with Gasteiger partial charge in [-0.1, -0.05) is 11.6 Å². The molecule has 0 fully saturated rings. The lowest BCUT2D eigenvalue weighted by atomic mass is 10.1. The minimum Gasteiger partial charge on any atom is -0.387 e. The summed E-state index contributed by atoms with van der Waals surface area (Å²) in [7, 11) is 1.81. The van der Waals surface area contributed by atoms with Gasteiger partial charge in [-0.25, -0.2) is 0 Å². The lowest BCUT2D eigenvalue weighted by molar-refractivity contribution is 0.0951. The van der Waals surface area contributed by atoms with E-state index in [9.17, 15) is 4.79 Å². The molecule has 4 nitrogen and oxygen atoms in total. The van der Waals surface area contributed by atoms with Gasteiger partial charge in [0.15, 0.2) is 0 Å². The maximum absolute atomic E-state index is 12.2. The first-order chi connectivity index (χ1) is 9.20. The van der Waals surface area contributed by atoms with Crippen LogP contribution in [0.15, 0.2) is 42.7 Å². The molecule has 2 aromatic rings. The number of amides is 1. The first-order valence-corrected chi connectivity index (χ1v) is 6.16. The Bertz CT molecular complexity index is 567. The molecule has 0 bridgehead atoms. The Morgan fingerprint density at radius 1 is 1.21 bits per heavy atom. The molecule has 2 rings (SSSR count). The van der Waals surface area contributed by atoms with Crippen molar-refractivity contribution in [2.75, 3.05) is 12.4 Å². The van der Waals surface area contributed by atoms with Crippen LogP contribution >= 0.6 is 0 Å². The monoisotopic (exact) mass is 255 g/mol. The van der Waals surface area contributed by atoms with Crippen molar-refractivity contribution in [2.45, 2.75) is 13.5 Å². The van der Waals surface area contributed by atoms with Gasteiger partial charge in [-0.15, -0.1) is 0 Å².